The lowest BCUT2D eigenvalue weighted by molar-refractivity contribution is -0.162. The zero-order valence-electron chi connectivity index (χ0n) is 11.0. The second-order valence-electron chi connectivity index (χ2n) is 4.39. The van der Waals surface area contributed by atoms with Gasteiger partial charge in [-0.1, -0.05) is 18.6 Å². The van der Waals surface area contributed by atoms with E-state index in [0.29, 0.717) is 19.4 Å². The Labute approximate surface area is 98.5 Å². The summed E-state index contributed by atoms with van der Waals surface area (Å²) in [5.41, 5.74) is 0.343. The van der Waals surface area contributed by atoms with Crippen molar-refractivity contribution in [3.05, 3.63) is 11.6 Å². The maximum atomic E-state index is 11.9. The van der Waals surface area contributed by atoms with Gasteiger partial charge in [-0.3, -0.25) is 4.79 Å². The van der Waals surface area contributed by atoms with Crippen molar-refractivity contribution < 1.29 is 14.6 Å². The molecule has 0 rings (SSSR count). The smallest absolute Gasteiger partial charge is 0.314 e. The van der Waals surface area contributed by atoms with Crippen LogP contribution in [0, 0.1) is 5.41 Å². The van der Waals surface area contributed by atoms with Crippen LogP contribution in [0.25, 0.3) is 0 Å². The first kappa shape index (κ1) is 15.2. The standard InChI is InChI=1S/C13H24O3/c1-6-13(11(5)14,9-8-10(3)4)12(15)16-7-2/h8,11,14H,6-7,9H2,1-5H3. The molecule has 3 nitrogen and oxygen atoms in total. The summed E-state index contributed by atoms with van der Waals surface area (Å²) in [5, 5.41) is 9.84. The van der Waals surface area contributed by atoms with Crippen molar-refractivity contribution in [2.45, 2.75) is 53.6 Å². The monoisotopic (exact) mass is 228 g/mol. The molecule has 0 aliphatic heterocycles. The van der Waals surface area contributed by atoms with E-state index in [0.717, 1.165) is 5.57 Å². The molecule has 0 saturated heterocycles. The Hall–Kier alpha value is -0.830. The van der Waals surface area contributed by atoms with Crippen LogP contribution >= 0.6 is 0 Å². The van der Waals surface area contributed by atoms with Crippen LogP contribution in [0.4, 0.5) is 0 Å². The molecule has 0 aromatic carbocycles. The number of esters is 1. The van der Waals surface area contributed by atoms with E-state index in [2.05, 4.69) is 0 Å². The van der Waals surface area contributed by atoms with Gasteiger partial charge in [-0.05, 0) is 40.5 Å². The molecule has 2 atom stereocenters. The predicted octanol–water partition coefficient (Wildman–Crippen LogP) is 2.68. The molecule has 94 valence electrons. The molecular formula is C13H24O3. The van der Waals surface area contributed by atoms with Crippen LogP contribution < -0.4 is 0 Å². The molecule has 0 spiro atoms. The first-order chi connectivity index (χ1) is 7.40. The summed E-state index contributed by atoms with van der Waals surface area (Å²) >= 11 is 0. The molecule has 0 fully saturated rings. The summed E-state index contributed by atoms with van der Waals surface area (Å²) in [6, 6.07) is 0. The SMILES string of the molecule is CCOC(=O)C(CC)(CC=C(C)C)C(C)O. The summed E-state index contributed by atoms with van der Waals surface area (Å²) in [4.78, 5) is 11.9. The van der Waals surface area contributed by atoms with Gasteiger partial charge in [0.2, 0.25) is 0 Å². The van der Waals surface area contributed by atoms with Crippen LogP contribution in [-0.2, 0) is 9.53 Å². The van der Waals surface area contributed by atoms with Gasteiger partial charge in [-0.15, -0.1) is 0 Å². The third-order valence-electron chi connectivity index (χ3n) is 2.99. The molecule has 0 aliphatic rings. The zero-order valence-corrected chi connectivity index (χ0v) is 11.0. The number of hydrogen-bond acceptors (Lipinski definition) is 3. The molecule has 0 aromatic heterocycles. The van der Waals surface area contributed by atoms with E-state index >= 15 is 0 Å². The lowest BCUT2D eigenvalue weighted by atomic mass is 9.76. The average Bonchev–Trinajstić information content (AvgIpc) is 2.18. The van der Waals surface area contributed by atoms with Gasteiger partial charge in [0.25, 0.3) is 0 Å². The summed E-state index contributed by atoms with van der Waals surface area (Å²) in [6.45, 7) is 9.65. The summed E-state index contributed by atoms with van der Waals surface area (Å²) in [5.74, 6) is -0.301. The van der Waals surface area contributed by atoms with Gasteiger partial charge in [0.05, 0.1) is 18.1 Å². The van der Waals surface area contributed by atoms with Gasteiger partial charge < -0.3 is 9.84 Å². The van der Waals surface area contributed by atoms with Gasteiger partial charge in [0, 0.05) is 0 Å². The van der Waals surface area contributed by atoms with Gasteiger partial charge >= 0.3 is 5.97 Å². The molecule has 0 bridgehead atoms. The van der Waals surface area contributed by atoms with E-state index in [1.54, 1.807) is 13.8 Å². The van der Waals surface area contributed by atoms with Crippen molar-refractivity contribution in [1.29, 1.82) is 0 Å². The molecule has 0 amide bonds. The fraction of sp³-hybridized carbons (Fsp3) is 0.769. The molecule has 0 radical (unpaired) electrons. The lowest BCUT2D eigenvalue weighted by Crippen LogP contribution is -2.41. The highest BCUT2D eigenvalue weighted by atomic mass is 16.5. The molecule has 0 aromatic rings. The van der Waals surface area contributed by atoms with Gasteiger partial charge in [-0.25, -0.2) is 0 Å². The highest BCUT2D eigenvalue weighted by Crippen LogP contribution is 2.33. The van der Waals surface area contributed by atoms with Crippen LogP contribution in [0.1, 0.15) is 47.5 Å². The largest absolute Gasteiger partial charge is 0.465 e. The van der Waals surface area contributed by atoms with Crippen molar-refractivity contribution in [1.82, 2.24) is 0 Å². The fourth-order valence-corrected chi connectivity index (χ4v) is 1.67. The average molecular weight is 228 g/mol. The minimum atomic E-state index is -0.798. The Morgan fingerprint density at radius 1 is 1.44 bits per heavy atom. The van der Waals surface area contributed by atoms with Crippen LogP contribution in [0.15, 0.2) is 11.6 Å². The maximum Gasteiger partial charge on any atom is 0.314 e. The number of rotatable bonds is 6. The van der Waals surface area contributed by atoms with Crippen LogP contribution in [-0.4, -0.2) is 23.8 Å². The third-order valence-corrected chi connectivity index (χ3v) is 2.99. The Kier molecular flexibility index (Phi) is 6.34. The molecule has 1 N–H and O–H groups in total. The molecule has 3 heteroatoms. The fourth-order valence-electron chi connectivity index (χ4n) is 1.67. The molecule has 0 saturated carbocycles. The number of ether oxygens (including phenoxy) is 1. The normalized spacial score (nSPS) is 16.1. The minimum absolute atomic E-state index is 0.301. The lowest BCUT2D eigenvalue weighted by Gasteiger charge is -2.32. The molecule has 0 heterocycles. The van der Waals surface area contributed by atoms with Crippen molar-refractivity contribution in [2.75, 3.05) is 6.61 Å². The van der Waals surface area contributed by atoms with E-state index in [-0.39, 0.29) is 5.97 Å². The summed E-state index contributed by atoms with van der Waals surface area (Å²) in [7, 11) is 0. The predicted molar refractivity (Wildman–Crippen MR) is 65.1 cm³/mol. The van der Waals surface area contributed by atoms with Crippen molar-refractivity contribution in [2.24, 2.45) is 5.41 Å². The first-order valence-corrected chi connectivity index (χ1v) is 5.89. The topological polar surface area (TPSA) is 46.5 Å². The number of aliphatic hydroxyl groups excluding tert-OH is 1. The maximum absolute atomic E-state index is 11.9. The molecule has 0 aliphatic carbocycles. The molecule has 2 unspecified atom stereocenters. The minimum Gasteiger partial charge on any atom is -0.465 e. The Balaban J connectivity index is 4.99. The molecular weight excluding hydrogens is 204 g/mol. The van der Waals surface area contributed by atoms with Crippen LogP contribution in [0.5, 0.6) is 0 Å². The van der Waals surface area contributed by atoms with Crippen molar-refractivity contribution >= 4 is 5.97 Å². The third kappa shape index (κ3) is 3.63. The van der Waals surface area contributed by atoms with Crippen molar-refractivity contribution in [3.8, 4) is 0 Å². The summed E-state index contributed by atoms with van der Waals surface area (Å²) in [6.07, 6.45) is 2.38. The van der Waals surface area contributed by atoms with E-state index in [1.165, 1.54) is 0 Å². The Morgan fingerprint density at radius 2 is 2.00 bits per heavy atom. The van der Waals surface area contributed by atoms with Crippen molar-refractivity contribution in [3.63, 3.8) is 0 Å². The second-order valence-corrected chi connectivity index (χ2v) is 4.39. The number of allylic oxidation sites excluding steroid dienone is 2. The zero-order chi connectivity index (χ0) is 12.8. The quantitative estimate of drug-likeness (QED) is 0.561. The van der Waals surface area contributed by atoms with Gasteiger partial charge in [0.1, 0.15) is 0 Å². The molecule has 16 heavy (non-hydrogen) atoms. The number of carbonyl (C=O) groups is 1. The van der Waals surface area contributed by atoms with E-state index in [1.807, 2.05) is 26.8 Å². The van der Waals surface area contributed by atoms with E-state index in [4.69, 9.17) is 4.74 Å². The number of hydrogen-bond donors (Lipinski definition) is 1. The Morgan fingerprint density at radius 3 is 2.31 bits per heavy atom. The highest BCUT2D eigenvalue weighted by molar-refractivity contribution is 5.77. The van der Waals surface area contributed by atoms with Crippen LogP contribution in [0.3, 0.4) is 0 Å². The van der Waals surface area contributed by atoms with E-state index in [9.17, 15) is 9.90 Å². The number of aliphatic hydroxyl groups is 1. The first-order valence-electron chi connectivity index (χ1n) is 5.89. The summed E-state index contributed by atoms with van der Waals surface area (Å²) < 4.78 is 5.06. The number of carbonyl (C=O) groups excluding carboxylic acids is 1. The van der Waals surface area contributed by atoms with Gasteiger partial charge in [0.15, 0.2) is 0 Å². The van der Waals surface area contributed by atoms with E-state index < -0.39 is 11.5 Å². The Bertz CT molecular complexity index is 252. The van der Waals surface area contributed by atoms with Crippen LogP contribution in [0.2, 0.25) is 0 Å². The van der Waals surface area contributed by atoms with Gasteiger partial charge in [-0.2, -0.15) is 0 Å². The second kappa shape index (κ2) is 6.69. The highest BCUT2D eigenvalue weighted by Gasteiger charge is 2.41.